The van der Waals surface area contributed by atoms with Crippen LogP contribution in [0.1, 0.15) is 278 Å². The molecule has 0 saturated carbocycles. The minimum absolute atomic E-state index is 0.0285. The summed E-state index contributed by atoms with van der Waals surface area (Å²) in [6.45, 7) is 6.94. The number of phosphoric acid groups is 1. The number of hydrogen-bond acceptors (Lipinski definition) is 6. The summed E-state index contributed by atoms with van der Waals surface area (Å²) in [7, 11) is 1.46. The van der Waals surface area contributed by atoms with Gasteiger partial charge in [0.05, 0.1) is 33.8 Å². The number of nitrogens with one attached hydrogen (secondary N) is 1. The van der Waals surface area contributed by atoms with Crippen molar-refractivity contribution in [2.45, 2.75) is 290 Å². The largest absolute Gasteiger partial charge is 0.472 e. The molecular weight excluding hydrogens is 976 g/mol. The Balaban J connectivity index is 5.22. The van der Waals surface area contributed by atoms with Gasteiger partial charge in [-0.2, -0.15) is 0 Å². The Morgan fingerprint density at radius 2 is 0.805 bits per heavy atom. The van der Waals surface area contributed by atoms with Gasteiger partial charge in [-0.15, -0.1) is 0 Å². The number of likely N-dealkylation sites (N-methyl/N-ethyl adjacent to an activating group) is 1. The molecule has 0 bridgehead atoms. The van der Waals surface area contributed by atoms with Crippen LogP contribution >= 0.6 is 7.82 Å². The van der Waals surface area contributed by atoms with Crippen molar-refractivity contribution in [2.75, 3.05) is 40.9 Å². The van der Waals surface area contributed by atoms with Gasteiger partial charge in [-0.05, 0) is 96.0 Å². The number of quaternary nitrogens is 1. The van der Waals surface area contributed by atoms with Crippen LogP contribution in [0.15, 0.2) is 85.1 Å². The SMILES string of the molecule is CCCCC/C=C\C/C=C\C/C=C\C/C=C\CCCCCCCCCCCC(=O)NC(COP(=O)(O)OCC[N+](C)(C)C)C(/C=C\CCCCCCCCCCCCC)OC(=O)CC/C=C/C/C=C\CCCCCCCC. The molecule has 77 heavy (non-hydrogen) atoms. The summed E-state index contributed by atoms with van der Waals surface area (Å²) in [5, 5.41) is 3.04. The van der Waals surface area contributed by atoms with Crippen LogP contribution in [-0.2, 0) is 27.9 Å². The van der Waals surface area contributed by atoms with E-state index < -0.39 is 25.9 Å². The summed E-state index contributed by atoms with van der Waals surface area (Å²) in [6.07, 6.45) is 74.5. The van der Waals surface area contributed by atoms with Crippen molar-refractivity contribution in [3.05, 3.63) is 85.1 Å². The van der Waals surface area contributed by atoms with Crippen molar-refractivity contribution < 1.29 is 37.3 Å². The normalized spacial score (nSPS) is 14.2. The Bertz CT molecular complexity index is 1590. The molecule has 0 rings (SSSR count). The third-order valence-corrected chi connectivity index (χ3v) is 14.8. The molecule has 2 N–H and O–H groups in total. The van der Waals surface area contributed by atoms with Crippen LogP contribution in [0, 0.1) is 0 Å². The van der Waals surface area contributed by atoms with E-state index in [0.717, 1.165) is 83.5 Å². The first-order valence-corrected chi connectivity index (χ1v) is 33.4. The summed E-state index contributed by atoms with van der Waals surface area (Å²) in [5.74, 6) is -0.589. The highest BCUT2D eigenvalue weighted by atomic mass is 31.2. The number of esters is 1. The van der Waals surface area contributed by atoms with Gasteiger partial charge in [-0.1, -0.05) is 254 Å². The van der Waals surface area contributed by atoms with Gasteiger partial charge in [0.1, 0.15) is 19.3 Å². The Morgan fingerprint density at radius 3 is 1.23 bits per heavy atom. The lowest BCUT2D eigenvalue weighted by Gasteiger charge is -2.27. The predicted molar refractivity (Wildman–Crippen MR) is 332 cm³/mol. The van der Waals surface area contributed by atoms with Crippen LogP contribution in [0.4, 0.5) is 0 Å². The van der Waals surface area contributed by atoms with Gasteiger partial charge in [0, 0.05) is 12.8 Å². The molecule has 0 spiro atoms. The Labute approximate surface area is 476 Å². The topological polar surface area (TPSA) is 111 Å². The lowest BCUT2D eigenvalue weighted by atomic mass is 10.0. The van der Waals surface area contributed by atoms with Crippen LogP contribution in [0.25, 0.3) is 0 Å². The van der Waals surface area contributed by atoms with Crippen molar-refractivity contribution in [1.82, 2.24) is 5.32 Å². The number of carbonyl (C=O) groups excluding carboxylic acids is 2. The van der Waals surface area contributed by atoms with E-state index in [1.807, 2.05) is 39.4 Å². The maximum atomic E-state index is 13.6. The molecular formula is C67H122N2O7P+. The van der Waals surface area contributed by atoms with Gasteiger partial charge < -0.3 is 19.4 Å². The van der Waals surface area contributed by atoms with Gasteiger partial charge >= 0.3 is 13.8 Å². The van der Waals surface area contributed by atoms with Gasteiger partial charge in [0.2, 0.25) is 5.91 Å². The van der Waals surface area contributed by atoms with E-state index in [9.17, 15) is 19.0 Å². The number of amides is 1. The first-order chi connectivity index (χ1) is 37.4. The van der Waals surface area contributed by atoms with Crippen LogP contribution in [0.5, 0.6) is 0 Å². The van der Waals surface area contributed by atoms with E-state index >= 15 is 0 Å². The number of unbranched alkanes of at least 4 members (excludes halogenated alkanes) is 29. The zero-order valence-corrected chi connectivity index (χ0v) is 51.8. The summed E-state index contributed by atoms with van der Waals surface area (Å²) in [6, 6.07) is -0.878. The number of ether oxygens (including phenoxy) is 1. The maximum Gasteiger partial charge on any atom is 0.472 e. The third-order valence-electron chi connectivity index (χ3n) is 13.8. The molecule has 446 valence electrons. The number of phosphoric ester groups is 1. The maximum absolute atomic E-state index is 13.6. The molecule has 0 aliphatic heterocycles. The van der Waals surface area contributed by atoms with Crippen molar-refractivity contribution >= 4 is 19.7 Å². The highest BCUT2D eigenvalue weighted by molar-refractivity contribution is 7.47. The van der Waals surface area contributed by atoms with Gasteiger partial charge in [0.25, 0.3) is 0 Å². The first kappa shape index (κ1) is 74.2. The molecule has 3 unspecified atom stereocenters. The second kappa shape index (κ2) is 56.5. The fraction of sp³-hybridized carbons (Fsp3) is 0.761. The molecule has 1 amide bonds. The molecule has 0 fully saturated rings. The van der Waals surface area contributed by atoms with Crippen molar-refractivity contribution in [3.63, 3.8) is 0 Å². The highest BCUT2D eigenvalue weighted by Crippen LogP contribution is 2.43. The number of carbonyl (C=O) groups is 2. The lowest BCUT2D eigenvalue weighted by molar-refractivity contribution is -0.870. The summed E-state index contributed by atoms with van der Waals surface area (Å²) >= 11 is 0. The summed E-state index contributed by atoms with van der Waals surface area (Å²) in [4.78, 5) is 37.7. The molecule has 0 heterocycles. The van der Waals surface area contributed by atoms with E-state index in [0.29, 0.717) is 23.9 Å². The van der Waals surface area contributed by atoms with Crippen LogP contribution < -0.4 is 5.32 Å². The average Bonchev–Trinajstić information content (AvgIpc) is 3.39. The zero-order chi connectivity index (χ0) is 56.4. The molecule has 0 aliphatic carbocycles. The minimum Gasteiger partial charge on any atom is -0.456 e. The molecule has 0 aromatic heterocycles. The molecule has 0 aromatic rings. The molecule has 3 atom stereocenters. The van der Waals surface area contributed by atoms with Crippen LogP contribution in [-0.4, -0.2) is 74.3 Å². The van der Waals surface area contributed by atoms with E-state index in [1.54, 1.807) is 0 Å². The van der Waals surface area contributed by atoms with Gasteiger partial charge in [0.15, 0.2) is 0 Å². The monoisotopic (exact) mass is 1100 g/mol. The van der Waals surface area contributed by atoms with Crippen LogP contribution in [0.2, 0.25) is 0 Å². The quantitative estimate of drug-likeness (QED) is 0.0205. The zero-order valence-electron chi connectivity index (χ0n) is 50.9. The molecule has 9 nitrogen and oxygen atoms in total. The first-order valence-electron chi connectivity index (χ1n) is 31.9. The molecule has 0 radical (unpaired) electrons. The number of allylic oxidation sites excluding steroid dienone is 13. The third kappa shape index (κ3) is 57.7. The number of hydrogen-bond donors (Lipinski definition) is 2. The molecule has 0 aromatic carbocycles. The Morgan fingerprint density at radius 1 is 0.455 bits per heavy atom. The number of nitrogens with zero attached hydrogens (tertiary/aromatic N) is 1. The van der Waals surface area contributed by atoms with Crippen LogP contribution in [0.3, 0.4) is 0 Å². The fourth-order valence-electron chi connectivity index (χ4n) is 8.86. The van der Waals surface area contributed by atoms with Gasteiger partial charge in [-0.3, -0.25) is 18.6 Å². The lowest BCUT2D eigenvalue weighted by Crippen LogP contribution is -2.47. The Hall–Kier alpha value is -2.81. The second-order valence-electron chi connectivity index (χ2n) is 22.6. The van der Waals surface area contributed by atoms with Crippen molar-refractivity contribution in [1.29, 1.82) is 0 Å². The van der Waals surface area contributed by atoms with Crippen molar-refractivity contribution in [3.8, 4) is 0 Å². The molecule has 10 heteroatoms. The summed E-state index contributed by atoms with van der Waals surface area (Å²) in [5.41, 5.74) is 0. The molecule has 0 aliphatic rings. The Kier molecular flexibility index (Phi) is 54.4. The minimum atomic E-state index is -4.46. The molecule has 0 saturated heterocycles. The van der Waals surface area contributed by atoms with E-state index in [-0.39, 0.29) is 25.5 Å². The summed E-state index contributed by atoms with van der Waals surface area (Å²) < 4.78 is 30.6. The fourth-order valence-corrected chi connectivity index (χ4v) is 9.59. The average molecular weight is 1100 g/mol. The van der Waals surface area contributed by atoms with E-state index in [4.69, 9.17) is 13.8 Å². The predicted octanol–water partition coefficient (Wildman–Crippen LogP) is 19.8. The second-order valence-corrected chi connectivity index (χ2v) is 24.0. The highest BCUT2D eigenvalue weighted by Gasteiger charge is 2.30. The van der Waals surface area contributed by atoms with E-state index in [1.165, 1.54) is 154 Å². The van der Waals surface area contributed by atoms with Gasteiger partial charge in [-0.25, -0.2) is 4.57 Å². The smallest absolute Gasteiger partial charge is 0.456 e. The standard InChI is InChI=1S/C67H121N2O7P/c1-7-10-13-16-19-22-25-28-29-30-31-32-33-34-35-36-37-38-39-42-44-47-50-53-56-59-66(70)68-64(63-75-77(72,73)74-62-61-69(4,5)6)65(58-55-52-49-46-43-40-26-23-20-17-14-11-8-2)76-67(71)60-57-54-51-48-45-41-27-24-21-18-15-12-9-3/h19,22,28-29,31-32,34-35,41,45,51,54-55,58,64-65H,7-18,20-21,23-27,30,33,36-40,42-44,46-50,52-53,56-57,59-63H2,1-6H3,(H-,68,70,72,73)/p+1/b22-19-,29-28-,32-31-,35-34-,45-41-,54-51+,58-55-. The van der Waals surface area contributed by atoms with Crippen molar-refractivity contribution in [2.24, 2.45) is 0 Å². The number of rotatable bonds is 57. The van der Waals surface area contributed by atoms with E-state index in [2.05, 4.69) is 92.9 Å².